The van der Waals surface area contributed by atoms with E-state index in [1.54, 1.807) is 0 Å². The number of nitrogens with zero attached hydrogens (tertiary/aromatic N) is 1. The maximum atomic E-state index is 12.3. The Hall–Kier alpha value is -3.31. The van der Waals surface area contributed by atoms with Crippen LogP contribution >= 0.6 is 0 Å². The highest BCUT2D eigenvalue weighted by Crippen LogP contribution is 2.16. The van der Waals surface area contributed by atoms with E-state index in [4.69, 9.17) is 0 Å². The quantitative estimate of drug-likeness (QED) is 0.387. The van der Waals surface area contributed by atoms with Crippen molar-refractivity contribution in [2.45, 2.75) is 30.3 Å². The number of carbonyl (C=O) groups is 2. The summed E-state index contributed by atoms with van der Waals surface area (Å²) >= 11 is 0. The predicted octanol–water partition coefficient (Wildman–Crippen LogP) is 1.42. The van der Waals surface area contributed by atoms with Crippen LogP contribution < -0.4 is 10.0 Å². The molecule has 0 aliphatic heterocycles. The number of sulfonamides is 1. The van der Waals surface area contributed by atoms with Crippen molar-refractivity contribution in [3.05, 3.63) is 70.3 Å². The van der Waals surface area contributed by atoms with E-state index in [0.717, 1.165) is 29.8 Å². The summed E-state index contributed by atoms with van der Waals surface area (Å²) in [6.45, 7) is 0.270. The Bertz CT molecular complexity index is 976. The van der Waals surface area contributed by atoms with E-state index in [1.807, 2.05) is 35.1 Å². The monoisotopic (exact) mass is 421 g/mol. The van der Waals surface area contributed by atoms with Crippen LogP contribution in [0.1, 0.15) is 18.4 Å². The number of hydrogen-bond donors (Lipinski definition) is 3. The molecule has 154 valence electrons. The van der Waals surface area contributed by atoms with E-state index in [2.05, 4.69) is 5.32 Å². The van der Waals surface area contributed by atoms with Gasteiger partial charge in [0.15, 0.2) is 0 Å². The second-order valence-corrected chi connectivity index (χ2v) is 7.78. The van der Waals surface area contributed by atoms with Crippen LogP contribution in [0.3, 0.4) is 0 Å². The van der Waals surface area contributed by atoms with E-state index < -0.39 is 32.9 Å². The zero-order valence-corrected chi connectivity index (χ0v) is 16.0. The fourth-order valence-electron chi connectivity index (χ4n) is 2.40. The van der Waals surface area contributed by atoms with Gasteiger partial charge in [-0.25, -0.2) is 8.42 Å². The lowest BCUT2D eigenvalue weighted by Gasteiger charge is -2.15. The molecule has 0 aliphatic rings. The van der Waals surface area contributed by atoms with Crippen LogP contribution in [0.25, 0.3) is 0 Å². The third kappa shape index (κ3) is 6.66. The molecule has 2 aromatic carbocycles. The number of nitro benzene ring substituents is 1. The maximum Gasteiger partial charge on any atom is 0.321 e. The van der Waals surface area contributed by atoms with E-state index in [-0.39, 0.29) is 30.0 Å². The number of hydrogen-bond acceptors (Lipinski definition) is 6. The molecule has 0 aliphatic carbocycles. The van der Waals surface area contributed by atoms with Crippen molar-refractivity contribution in [3.8, 4) is 0 Å². The number of benzene rings is 2. The summed E-state index contributed by atoms with van der Waals surface area (Å²) in [6.07, 6.45) is -0.464. The van der Waals surface area contributed by atoms with Crippen molar-refractivity contribution in [2.75, 3.05) is 0 Å². The van der Waals surface area contributed by atoms with Gasteiger partial charge in [-0.05, 0) is 24.1 Å². The third-order valence-electron chi connectivity index (χ3n) is 3.95. The van der Waals surface area contributed by atoms with Crippen LogP contribution in [-0.4, -0.2) is 36.4 Å². The number of amides is 1. The van der Waals surface area contributed by atoms with Crippen LogP contribution in [0.5, 0.6) is 0 Å². The summed E-state index contributed by atoms with van der Waals surface area (Å²) in [7, 11) is -4.24. The largest absolute Gasteiger partial charge is 0.480 e. The Morgan fingerprint density at radius 3 is 2.24 bits per heavy atom. The Morgan fingerprint density at radius 2 is 1.69 bits per heavy atom. The van der Waals surface area contributed by atoms with Crippen LogP contribution in [-0.2, 0) is 26.2 Å². The molecule has 0 spiro atoms. The molecular weight excluding hydrogens is 402 g/mol. The zero-order valence-electron chi connectivity index (χ0n) is 15.1. The number of nitrogens with one attached hydrogen (secondary N) is 2. The third-order valence-corrected chi connectivity index (χ3v) is 5.43. The first-order chi connectivity index (χ1) is 13.7. The van der Waals surface area contributed by atoms with Crippen molar-refractivity contribution in [2.24, 2.45) is 0 Å². The standard InChI is InChI=1S/C18H19N3O7S/c22-17(19-12-13-4-2-1-3-5-13)11-10-16(18(23)24)20-29(27,28)15-8-6-14(7-9-15)21(25)26/h1-9,16,20H,10-12H2,(H,19,22)(H,23,24)/t16-/m1/s1. The van der Waals surface area contributed by atoms with Crippen molar-refractivity contribution in [1.82, 2.24) is 10.0 Å². The van der Waals surface area contributed by atoms with E-state index in [0.29, 0.717) is 0 Å². The normalized spacial score (nSPS) is 12.1. The minimum atomic E-state index is -4.24. The summed E-state index contributed by atoms with van der Waals surface area (Å²) < 4.78 is 26.7. The van der Waals surface area contributed by atoms with Crippen molar-refractivity contribution >= 4 is 27.6 Å². The first-order valence-corrected chi connectivity index (χ1v) is 9.97. The molecular formula is C18H19N3O7S. The Balaban J connectivity index is 1.95. The number of carboxylic acid groups (broad SMARTS) is 1. The Labute approximate surface area is 166 Å². The molecule has 0 bridgehead atoms. The molecule has 0 saturated carbocycles. The van der Waals surface area contributed by atoms with E-state index in [1.165, 1.54) is 0 Å². The maximum absolute atomic E-state index is 12.3. The van der Waals surface area contributed by atoms with Gasteiger partial charge >= 0.3 is 5.97 Å². The molecule has 29 heavy (non-hydrogen) atoms. The number of rotatable bonds is 10. The SMILES string of the molecule is O=C(CC[C@@H](NS(=O)(=O)c1ccc([N+](=O)[O-])cc1)C(=O)O)NCc1ccccc1. The minimum Gasteiger partial charge on any atom is -0.480 e. The molecule has 0 heterocycles. The van der Waals surface area contributed by atoms with E-state index in [9.17, 15) is 33.2 Å². The molecule has 0 saturated heterocycles. The highest BCUT2D eigenvalue weighted by atomic mass is 32.2. The van der Waals surface area contributed by atoms with Crippen LogP contribution in [0.15, 0.2) is 59.5 Å². The number of carbonyl (C=O) groups excluding carboxylic acids is 1. The van der Waals surface area contributed by atoms with Gasteiger partial charge in [0.05, 0.1) is 9.82 Å². The lowest BCUT2D eigenvalue weighted by Crippen LogP contribution is -2.41. The lowest BCUT2D eigenvalue weighted by molar-refractivity contribution is -0.384. The average Bonchev–Trinajstić information content (AvgIpc) is 2.70. The molecule has 2 aromatic rings. The van der Waals surface area contributed by atoms with Gasteiger partial charge in [0.2, 0.25) is 15.9 Å². The van der Waals surface area contributed by atoms with Crippen LogP contribution in [0, 0.1) is 10.1 Å². The van der Waals surface area contributed by atoms with Gasteiger partial charge < -0.3 is 10.4 Å². The molecule has 10 nitrogen and oxygen atoms in total. The molecule has 0 fully saturated rings. The predicted molar refractivity (Wildman–Crippen MR) is 102 cm³/mol. The first kappa shape index (κ1) is 22.0. The topological polar surface area (TPSA) is 156 Å². The lowest BCUT2D eigenvalue weighted by atomic mass is 10.1. The van der Waals surface area contributed by atoms with Gasteiger partial charge in [-0.15, -0.1) is 0 Å². The van der Waals surface area contributed by atoms with Crippen molar-refractivity contribution < 1.29 is 28.0 Å². The number of carboxylic acids is 1. The van der Waals surface area contributed by atoms with Gasteiger partial charge in [0.25, 0.3) is 5.69 Å². The van der Waals surface area contributed by atoms with E-state index >= 15 is 0 Å². The fraction of sp³-hybridized carbons (Fsp3) is 0.222. The molecule has 0 radical (unpaired) electrons. The summed E-state index contributed by atoms with van der Waals surface area (Å²) in [6, 6.07) is 11.6. The molecule has 2 rings (SSSR count). The number of aliphatic carboxylic acids is 1. The van der Waals surface area contributed by atoms with Crippen molar-refractivity contribution in [3.63, 3.8) is 0 Å². The molecule has 0 unspecified atom stereocenters. The van der Waals surface area contributed by atoms with Crippen LogP contribution in [0.2, 0.25) is 0 Å². The van der Waals surface area contributed by atoms with Gasteiger partial charge in [-0.1, -0.05) is 30.3 Å². The Morgan fingerprint density at radius 1 is 1.07 bits per heavy atom. The smallest absolute Gasteiger partial charge is 0.321 e. The Kier molecular flexibility index (Phi) is 7.39. The minimum absolute atomic E-state index is 0.202. The summed E-state index contributed by atoms with van der Waals surface area (Å²) in [4.78, 5) is 33.0. The molecule has 1 atom stereocenters. The average molecular weight is 421 g/mol. The summed E-state index contributed by atoms with van der Waals surface area (Å²) in [5.74, 6) is -1.86. The van der Waals surface area contributed by atoms with Gasteiger partial charge in [0.1, 0.15) is 6.04 Å². The molecule has 11 heteroatoms. The van der Waals surface area contributed by atoms with Gasteiger partial charge in [-0.2, -0.15) is 4.72 Å². The van der Waals surface area contributed by atoms with Crippen LogP contribution in [0.4, 0.5) is 5.69 Å². The second-order valence-electron chi connectivity index (χ2n) is 6.06. The van der Waals surface area contributed by atoms with Crippen molar-refractivity contribution in [1.29, 1.82) is 0 Å². The fourth-order valence-corrected chi connectivity index (χ4v) is 3.62. The molecule has 1 amide bonds. The molecule has 3 N–H and O–H groups in total. The van der Waals surface area contributed by atoms with Gasteiger partial charge in [0, 0.05) is 25.1 Å². The first-order valence-electron chi connectivity index (χ1n) is 8.49. The highest BCUT2D eigenvalue weighted by molar-refractivity contribution is 7.89. The van der Waals surface area contributed by atoms with Gasteiger partial charge in [-0.3, -0.25) is 19.7 Å². The zero-order chi connectivity index (χ0) is 21.4. The summed E-state index contributed by atoms with van der Waals surface area (Å²) in [5, 5.41) is 22.6. The molecule has 0 aromatic heterocycles. The second kappa shape index (κ2) is 9.75. The number of non-ortho nitro benzene ring substituents is 1. The highest BCUT2D eigenvalue weighted by Gasteiger charge is 2.26. The summed E-state index contributed by atoms with van der Waals surface area (Å²) in [5.41, 5.74) is 0.573. The number of nitro groups is 1.